The van der Waals surface area contributed by atoms with Crippen LogP contribution < -0.4 is 97.8 Å². The van der Waals surface area contributed by atoms with E-state index in [0.29, 0.717) is 29.3 Å². The van der Waals surface area contributed by atoms with Crippen molar-refractivity contribution in [3.63, 3.8) is 0 Å². The number of carbonyl (C=O) groups excluding carboxylic acids is 18. The van der Waals surface area contributed by atoms with E-state index >= 15 is 0 Å². The summed E-state index contributed by atoms with van der Waals surface area (Å²) in [6.07, 6.45) is -1.67. The van der Waals surface area contributed by atoms with Crippen molar-refractivity contribution < 1.29 is 116 Å². The number of aliphatic carboxylic acids is 2. The van der Waals surface area contributed by atoms with Crippen LogP contribution in [0.15, 0.2) is 54.7 Å². The number of benzene rings is 2. The van der Waals surface area contributed by atoms with E-state index in [2.05, 4.69) is 75.7 Å². The Morgan fingerprint density at radius 3 is 1.69 bits per heavy atom. The number of carbonyl (C=O) groups is 20. The molecule has 43 nitrogen and oxygen atoms in total. The molecule has 1 saturated heterocycles. The van der Waals surface area contributed by atoms with E-state index in [1.165, 1.54) is 24.3 Å². The number of ether oxygens (including phenoxy) is 1. The number of anilines is 1. The molecular formula is C72H103N19O24. The first-order chi connectivity index (χ1) is 54.4. The molecule has 630 valence electrons. The number of rotatable bonds is 35. The van der Waals surface area contributed by atoms with Gasteiger partial charge in [0, 0.05) is 47.6 Å². The molecule has 1 aliphatic heterocycles. The number of hydrogen-bond donors (Lipinski definition) is 22. The van der Waals surface area contributed by atoms with Crippen LogP contribution in [0.1, 0.15) is 146 Å². The van der Waals surface area contributed by atoms with Gasteiger partial charge >= 0.3 is 17.9 Å². The average Bonchev–Trinajstić information content (AvgIpc) is 1.72. The maximum atomic E-state index is 14.9. The number of fused-ring (bicyclic) bond motifs is 1. The molecule has 1 aromatic heterocycles. The molecule has 0 bridgehead atoms. The van der Waals surface area contributed by atoms with Crippen LogP contribution in [0.2, 0.25) is 0 Å². The number of primary amides is 3. The van der Waals surface area contributed by atoms with Gasteiger partial charge in [-0.2, -0.15) is 0 Å². The Hall–Kier alpha value is -12.7. The van der Waals surface area contributed by atoms with Crippen molar-refractivity contribution in [3.8, 4) is 0 Å². The van der Waals surface area contributed by atoms with E-state index in [9.17, 15) is 111 Å². The molecule has 13 atom stereocenters. The van der Waals surface area contributed by atoms with Gasteiger partial charge in [-0.15, -0.1) is 0 Å². The molecule has 1 aliphatic rings. The number of para-hydroxylation sites is 2. The van der Waals surface area contributed by atoms with Crippen molar-refractivity contribution >= 4 is 135 Å². The topological polar surface area (TPSA) is 714 Å². The number of nitrogens with two attached hydrogens (primary N) is 5. The zero-order valence-corrected chi connectivity index (χ0v) is 63.9. The maximum Gasteiger partial charge on any atom is 0.329 e. The second-order valence-electron chi connectivity index (χ2n) is 27.4. The number of hydrogen-bond acceptors (Lipinski definition) is 24. The van der Waals surface area contributed by atoms with Crippen molar-refractivity contribution in [3.05, 3.63) is 65.9 Å². The van der Waals surface area contributed by atoms with E-state index in [0.717, 1.165) is 52.9 Å². The van der Waals surface area contributed by atoms with Gasteiger partial charge in [0.2, 0.25) is 94.5 Å². The Labute approximate surface area is 658 Å². The van der Waals surface area contributed by atoms with E-state index in [1.807, 2.05) is 5.32 Å². The first-order valence-corrected chi connectivity index (χ1v) is 37.0. The number of Topliss-reactive ketones (excluding diaryl/α,β-unsaturated/α-hetero) is 1. The summed E-state index contributed by atoms with van der Waals surface area (Å²) in [6.45, 7) is 1.34. The molecule has 0 radical (unpaired) electrons. The van der Waals surface area contributed by atoms with Crippen molar-refractivity contribution in [2.75, 3.05) is 32.0 Å². The summed E-state index contributed by atoms with van der Waals surface area (Å²) in [5.74, 6) is -28.1. The second-order valence-corrected chi connectivity index (χ2v) is 27.4. The second kappa shape index (κ2) is 47.6. The van der Waals surface area contributed by atoms with Crippen LogP contribution in [0, 0.1) is 5.92 Å². The molecule has 16 amide bonds. The molecule has 0 aliphatic carbocycles. The summed E-state index contributed by atoms with van der Waals surface area (Å²) in [6, 6.07) is -9.96. The summed E-state index contributed by atoms with van der Waals surface area (Å²) in [7, 11) is 0. The third-order valence-corrected chi connectivity index (χ3v) is 17.9. The van der Waals surface area contributed by atoms with E-state index in [1.54, 1.807) is 30.5 Å². The van der Waals surface area contributed by atoms with Gasteiger partial charge in [0.05, 0.1) is 51.8 Å². The van der Waals surface area contributed by atoms with Crippen molar-refractivity contribution in [1.82, 2.24) is 74.1 Å². The van der Waals surface area contributed by atoms with Gasteiger partial charge in [0.25, 0.3) is 0 Å². The number of aliphatic hydroxyl groups is 1. The van der Waals surface area contributed by atoms with Crippen LogP contribution in [0.5, 0.6) is 0 Å². The predicted octanol–water partition coefficient (Wildman–Crippen LogP) is -6.82. The highest BCUT2D eigenvalue weighted by molar-refractivity contribution is 6.05. The third-order valence-electron chi connectivity index (χ3n) is 17.9. The molecule has 0 unspecified atom stereocenters. The number of carboxylic acids is 2. The zero-order chi connectivity index (χ0) is 85.8. The highest BCUT2D eigenvalue weighted by Gasteiger charge is 2.41. The lowest BCUT2D eigenvalue weighted by Gasteiger charge is -2.30. The van der Waals surface area contributed by atoms with Crippen molar-refractivity contribution in [2.45, 2.75) is 209 Å². The molecule has 1 fully saturated rings. The highest BCUT2D eigenvalue weighted by atomic mass is 16.5. The zero-order valence-electron chi connectivity index (χ0n) is 63.9. The normalized spacial score (nSPS) is 21.2. The average molecular weight is 1620 g/mol. The lowest BCUT2D eigenvalue weighted by molar-refractivity contribution is -0.156. The van der Waals surface area contributed by atoms with Gasteiger partial charge in [-0.25, -0.2) is 4.79 Å². The lowest BCUT2D eigenvalue weighted by Crippen LogP contribution is -2.62. The number of unbranched alkanes of at least 4 members (excludes halogenated alkanes) is 6. The summed E-state index contributed by atoms with van der Waals surface area (Å²) in [5.41, 5.74) is 28.9. The third kappa shape index (κ3) is 32.5. The van der Waals surface area contributed by atoms with Crippen molar-refractivity contribution in [1.29, 1.82) is 0 Å². The Bertz CT molecular complexity index is 4040. The van der Waals surface area contributed by atoms with E-state index < -0.39 is 255 Å². The highest BCUT2D eigenvalue weighted by Crippen LogP contribution is 2.22. The molecule has 0 saturated carbocycles. The SMILES string of the molecule is CCCCCCCCCC(=O)N[C@@H](Cc1c[nH]c2ccccc12)C(=O)N[C@@H](CC(N)=O)C(=O)N[C@@H](CC(=O)O)C(=O)N[C@@H]1C(=O)NCC(=O)N[C@@H](CCCN)C(=O)N[C@@H](CC(N)=O)C(=O)N[C@H](C)C(=O)N[C@@H](CC(N)=O)C(=O)NCC(=O)N[C@H](CO)C(=O)N[C@@H]([C@@H](C)CC(=O)O)C(=O)N[C@@H](CC(=O)c2ccccc2N)C(=O)O[C@@H]1C. The number of H-pyrrole nitrogens is 1. The van der Waals surface area contributed by atoms with Gasteiger partial charge in [0.15, 0.2) is 5.78 Å². The first-order valence-electron chi connectivity index (χ1n) is 37.0. The van der Waals surface area contributed by atoms with Gasteiger partial charge in [-0.3, -0.25) is 91.1 Å². The minimum absolute atomic E-state index is 0.0133. The van der Waals surface area contributed by atoms with Crippen molar-refractivity contribution in [2.24, 2.45) is 28.9 Å². The summed E-state index contributed by atoms with van der Waals surface area (Å²) in [4.78, 5) is 277. The number of cyclic esters (lactones) is 1. The number of aromatic amines is 1. The van der Waals surface area contributed by atoms with Crippen LogP contribution in [-0.2, 0) is 102 Å². The number of nitrogens with one attached hydrogen (secondary N) is 14. The standard InChI is InChI=1S/C72H103N19O24/c1-5-6-7-8-9-10-11-22-55(97)83-44(25-38-31-78-42-20-15-13-17-39(38)42)66(108)87-47(29-54(77)96)67(109)88-48(30-59(102)103)68(110)91-61-37(4)115-72(114)49(26-51(93)40-18-12-14-19-41(40)74)89-71(113)60(35(2)24-58(100)101)90-69(111)50(34-92)84-57(99)32-79-63(105)45(27-52(75)94)85-62(104)36(3)81-65(107)46(28-53(76)95)86-64(106)43(21-16-23-73)82-56(98)33-80-70(61)112/h12-15,17-20,31,35-37,43-50,60-61,78,92H,5-11,16,21-30,32-34,73-74H2,1-4H3,(H2,75,94)(H2,76,95)(H2,77,96)(H,79,105)(H,80,112)(H,81,107)(H,82,98)(H,83,97)(H,84,99)(H,85,104)(H,86,106)(H,87,108)(H,88,109)(H,89,113)(H,90,111)(H,91,110)(H,100,101)(H,102,103)/t35-,36+,37+,43-,44-,45-,46-,47-,48-,49-,50+,60-,61-/m0/s1. The van der Waals surface area contributed by atoms with Gasteiger partial charge < -0.3 is 123 Å². The van der Waals surface area contributed by atoms with Crippen LogP contribution in [0.25, 0.3) is 10.9 Å². The largest absolute Gasteiger partial charge is 0.481 e. The Morgan fingerprint density at radius 2 is 1.09 bits per heavy atom. The van der Waals surface area contributed by atoms with Crippen LogP contribution in [0.4, 0.5) is 5.69 Å². The smallest absolute Gasteiger partial charge is 0.329 e. The molecule has 115 heavy (non-hydrogen) atoms. The van der Waals surface area contributed by atoms with Gasteiger partial charge in [-0.05, 0) is 69.3 Å². The fourth-order valence-electron chi connectivity index (χ4n) is 11.8. The fraction of sp³-hybridized carbons (Fsp3) is 0.528. The number of aliphatic hydroxyl groups excluding tert-OH is 1. The monoisotopic (exact) mass is 1620 g/mol. The molecule has 43 heteroatoms. The molecule has 2 aromatic carbocycles. The number of ketones is 1. The Kier molecular flexibility index (Phi) is 39.2. The summed E-state index contributed by atoms with van der Waals surface area (Å²) >= 11 is 0. The quantitative estimate of drug-likeness (QED) is 0.0113. The number of nitrogen functional groups attached to an aromatic ring is 1. The number of carboxylic acid groups (broad SMARTS) is 2. The van der Waals surface area contributed by atoms with Crippen LogP contribution >= 0.6 is 0 Å². The van der Waals surface area contributed by atoms with E-state index in [-0.39, 0.29) is 43.5 Å². The number of amides is 16. The fourth-order valence-corrected chi connectivity index (χ4v) is 11.8. The summed E-state index contributed by atoms with van der Waals surface area (Å²) < 4.78 is 5.70. The first kappa shape index (κ1) is 94.7. The molecule has 2 heterocycles. The lowest BCUT2D eigenvalue weighted by atomic mass is 9.96. The number of esters is 1. The van der Waals surface area contributed by atoms with Crippen LogP contribution in [0.3, 0.4) is 0 Å². The molecule has 4 rings (SSSR count). The van der Waals surface area contributed by atoms with Crippen LogP contribution in [-0.4, -0.2) is 237 Å². The summed E-state index contributed by atoms with van der Waals surface area (Å²) in [5, 5.41) is 59.8. The molecule has 27 N–H and O–H groups in total. The Morgan fingerprint density at radius 1 is 0.548 bits per heavy atom. The van der Waals surface area contributed by atoms with E-state index in [4.69, 9.17) is 33.4 Å². The number of aromatic nitrogens is 1. The van der Waals surface area contributed by atoms with Gasteiger partial charge in [0.1, 0.15) is 72.6 Å². The minimum Gasteiger partial charge on any atom is -0.481 e. The maximum absolute atomic E-state index is 14.9. The minimum atomic E-state index is -2.43. The van der Waals surface area contributed by atoms with Gasteiger partial charge in [-0.1, -0.05) is 82.7 Å². The Balaban J connectivity index is 1.87. The molecule has 3 aromatic rings. The predicted molar refractivity (Wildman–Crippen MR) is 403 cm³/mol. The molecule has 0 spiro atoms. The molecular weight excluding hydrogens is 1510 g/mol.